The van der Waals surface area contributed by atoms with Crippen LogP contribution in [0.5, 0.6) is 0 Å². The van der Waals surface area contributed by atoms with Gasteiger partial charge in [0.2, 0.25) is 0 Å². The second-order valence-corrected chi connectivity index (χ2v) is 7.25. The van der Waals surface area contributed by atoms with E-state index in [1.54, 1.807) is 0 Å². The second-order valence-electron chi connectivity index (χ2n) is 5.02. The third-order valence-electron chi connectivity index (χ3n) is 3.45. The lowest BCUT2D eigenvalue weighted by atomic mass is 10.1. The summed E-state index contributed by atoms with van der Waals surface area (Å²) in [4.78, 5) is 2.17. The molecule has 5 heteroatoms. The molecule has 0 aliphatic carbocycles. The van der Waals surface area contributed by atoms with Crippen LogP contribution in [0, 0.1) is 0 Å². The molecule has 1 saturated heterocycles. The van der Waals surface area contributed by atoms with Crippen molar-refractivity contribution in [2.45, 2.75) is 19.0 Å². The molecule has 2 N–H and O–H groups in total. The summed E-state index contributed by atoms with van der Waals surface area (Å²) in [5, 5.41) is 0. The Labute approximate surface area is 114 Å². The number of hydrogen-bond donors (Lipinski definition) is 1. The Morgan fingerprint density at radius 2 is 2.05 bits per heavy atom. The molecule has 4 nitrogen and oxygen atoms in total. The smallest absolute Gasteiger partial charge is 0.151 e. The Morgan fingerprint density at radius 1 is 1.37 bits per heavy atom. The van der Waals surface area contributed by atoms with Crippen molar-refractivity contribution in [1.82, 2.24) is 4.90 Å². The van der Waals surface area contributed by atoms with Crippen molar-refractivity contribution >= 4 is 15.5 Å². The summed E-state index contributed by atoms with van der Waals surface area (Å²) in [6.07, 6.45) is 2.54. The lowest BCUT2D eigenvalue weighted by Crippen LogP contribution is -2.35. The van der Waals surface area contributed by atoms with Crippen LogP contribution in [-0.4, -0.2) is 37.4 Å². The van der Waals surface area contributed by atoms with Gasteiger partial charge in [-0.05, 0) is 24.1 Å². The Bertz CT molecular complexity index is 537. The molecule has 1 aliphatic rings. The molecule has 0 amide bonds. The molecule has 1 aromatic carbocycles. The van der Waals surface area contributed by atoms with Gasteiger partial charge < -0.3 is 5.73 Å². The van der Waals surface area contributed by atoms with Gasteiger partial charge in [0.25, 0.3) is 0 Å². The summed E-state index contributed by atoms with van der Waals surface area (Å²) in [6.45, 7) is 5.18. The van der Waals surface area contributed by atoms with Gasteiger partial charge in [0.1, 0.15) is 0 Å². The summed E-state index contributed by atoms with van der Waals surface area (Å²) in [5.74, 6) is 0.558. The maximum absolute atomic E-state index is 11.6. The number of rotatable bonds is 5. The van der Waals surface area contributed by atoms with Crippen LogP contribution in [0.3, 0.4) is 0 Å². The molecule has 1 aromatic rings. The summed E-state index contributed by atoms with van der Waals surface area (Å²) >= 11 is 0. The Morgan fingerprint density at radius 3 is 2.58 bits per heavy atom. The SMILES string of the molecule is C=CCN(Cc1ccc(N)cc1)[C@@H]1CCS(=O)(=O)C1. The second kappa shape index (κ2) is 5.75. The zero-order valence-corrected chi connectivity index (χ0v) is 11.8. The van der Waals surface area contributed by atoms with Gasteiger partial charge in [-0.2, -0.15) is 0 Å². The van der Waals surface area contributed by atoms with Gasteiger partial charge in [0, 0.05) is 24.8 Å². The van der Waals surface area contributed by atoms with E-state index in [1.807, 2.05) is 30.3 Å². The average Bonchev–Trinajstić information content (AvgIpc) is 2.72. The zero-order chi connectivity index (χ0) is 13.9. The van der Waals surface area contributed by atoms with Crippen molar-refractivity contribution < 1.29 is 8.42 Å². The maximum Gasteiger partial charge on any atom is 0.151 e. The van der Waals surface area contributed by atoms with E-state index in [2.05, 4.69) is 11.5 Å². The molecule has 104 valence electrons. The van der Waals surface area contributed by atoms with E-state index in [-0.39, 0.29) is 11.8 Å². The van der Waals surface area contributed by atoms with Crippen LogP contribution in [0.1, 0.15) is 12.0 Å². The highest BCUT2D eigenvalue weighted by Gasteiger charge is 2.31. The summed E-state index contributed by atoms with van der Waals surface area (Å²) in [5.41, 5.74) is 7.54. The molecule has 0 unspecified atom stereocenters. The topological polar surface area (TPSA) is 63.4 Å². The van der Waals surface area contributed by atoms with E-state index in [9.17, 15) is 8.42 Å². The van der Waals surface area contributed by atoms with E-state index >= 15 is 0 Å². The van der Waals surface area contributed by atoms with Crippen LogP contribution < -0.4 is 5.73 Å². The summed E-state index contributed by atoms with van der Waals surface area (Å²) < 4.78 is 23.2. The number of nitrogens with two attached hydrogens (primary N) is 1. The van der Waals surface area contributed by atoms with Crippen LogP contribution in [0.2, 0.25) is 0 Å². The van der Waals surface area contributed by atoms with E-state index in [1.165, 1.54) is 0 Å². The zero-order valence-electron chi connectivity index (χ0n) is 11.0. The molecular weight excluding hydrogens is 260 g/mol. The first-order valence-electron chi connectivity index (χ1n) is 6.40. The van der Waals surface area contributed by atoms with Crippen molar-refractivity contribution in [3.05, 3.63) is 42.5 Å². The summed E-state index contributed by atoms with van der Waals surface area (Å²) in [6, 6.07) is 7.80. The highest BCUT2D eigenvalue weighted by Crippen LogP contribution is 2.20. The third kappa shape index (κ3) is 3.81. The van der Waals surface area contributed by atoms with Gasteiger partial charge in [-0.1, -0.05) is 18.2 Å². The number of hydrogen-bond acceptors (Lipinski definition) is 4. The predicted octanol–water partition coefficient (Wildman–Crippen LogP) is 1.44. The van der Waals surface area contributed by atoms with E-state index in [0.717, 1.165) is 17.8 Å². The Hall–Kier alpha value is -1.33. The normalized spacial score (nSPS) is 21.6. The number of nitrogens with zero attached hydrogens (tertiary/aromatic N) is 1. The van der Waals surface area contributed by atoms with Crippen molar-refractivity contribution in [3.8, 4) is 0 Å². The lowest BCUT2D eigenvalue weighted by Gasteiger charge is -2.26. The van der Waals surface area contributed by atoms with Crippen molar-refractivity contribution in [2.75, 3.05) is 23.8 Å². The monoisotopic (exact) mass is 280 g/mol. The molecule has 0 spiro atoms. The summed E-state index contributed by atoms with van der Waals surface area (Å²) in [7, 11) is -2.85. The van der Waals surface area contributed by atoms with Crippen molar-refractivity contribution in [3.63, 3.8) is 0 Å². The van der Waals surface area contributed by atoms with Crippen molar-refractivity contribution in [2.24, 2.45) is 0 Å². The first-order chi connectivity index (χ1) is 9.00. The minimum Gasteiger partial charge on any atom is -0.399 e. The molecule has 1 aliphatic heterocycles. The van der Waals surface area contributed by atoms with Gasteiger partial charge in [0.15, 0.2) is 9.84 Å². The standard InChI is InChI=1S/C14H20N2O2S/c1-2-8-16(14-7-9-19(17,18)11-14)10-12-3-5-13(15)6-4-12/h2-6,14H,1,7-11,15H2/t14-/m1/s1. The maximum atomic E-state index is 11.6. The third-order valence-corrected chi connectivity index (χ3v) is 5.20. The molecule has 1 heterocycles. The average molecular weight is 280 g/mol. The quantitative estimate of drug-likeness (QED) is 0.655. The highest BCUT2D eigenvalue weighted by atomic mass is 32.2. The fourth-order valence-corrected chi connectivity index (χ4v) is 4.19. The number of sulfone groups is 1. The van der Waals surface area contributed by atoms with Gasteiger partial charge in [-0.3, -0.25) is 4.90 Å². The molecule has 2 rings (SSSR count). The van der Waals surface area contributed by atoms with Crippen molar-refractivity contribution in [1.29, 1.82) is 0 Å². The first-order valence-corrected chi connectivity index (χ1v) is 8.22. The molecule has 0 radical (unpaired) electrons. The van der Waals surface area contributed by atoms with Crippen LogP contribution in [0.4, 0.5) is 5.69 Å². The number of nitrogen functional groups attached to an aromatic ring is 1. The minimum atomic E-state index is -2.85. The van der Waals surface area contributed by atoms with E-state index in [4.69, 9.17) is 5.73 Å². The van der Waals surface area contributed by atoms with Crippen LogP contribution in [-0.2, 0) is 16.4 Å². The molecule has 1 atom stereocenters. The molecule has 1 fully saturated rings. The van der Waals surface area contributed by atoms with Gasteiger partial charge >= 0.3 is 0 Å². The molecular formula is C14H20N2O2S. The Balaban J connectivity index is 2.08. The van der Waals surface area contributed by atoms with Gasteiger partial charge in [0.05, 0.1) is 11.5 Å². The van der Waals surface area contributed by atoms with E-state index in [0.29, 0.717) is 18.7 Å². The lowest BCUT2D eigenvalue weighted by molar-refractivity contribution is 0.227. The number of anilines is 1. The first kappa shape index (κ1) is 14.1. The molecule has 0 bridgehead atoms. The number of benzene rings is 1. The van der Waals surface area contributed by atoms with Gasteiger partial charge in [-0.15, -0.1) is 6.58 Å². The fraction of sp³-hybridized carbons (Fsp3) is 0.429. The largest absolute Gasteiger partial charge is 0.399 e. The van der Waals surface area contributed by atoms with Crippen LogP contribution in [0.25, 0.3) is 0 Å². The van der Waals surface area contributed by atoms with Gasteiger partial charge in [-0.25, -0.2) is 8.42 Å². The minimum absolute atomic E-state index is 0.0977. The molecule has 19 heavy (non-hydrogen) atoms. The van der Waals surface area contributed by atoms with Crippen LogP contribution in [0.15, 0.2) is 36.9 Å². The predicted molar refractivity (Wildman–Crippen MR) is 78.5 cm³/mol. The fourth-order valence-electron chi connectivity index (χ4n) is 2.43. The van der Waals surface area contributed by atoms with E-state index < -0.39 is 9.84 Å². The highest BCUT2D eigenvalue weighted by molar-refractivity contribution is 7.91. The molecule has 0 saturated carbocycles. The Kier molecular flexibility index (Phi) is 4.27. The van der Waals surface area contributed by atoms with Crippen LogP contribution >= 0.6 is 0 Å². The molecule has 0 aromatic heterocycles.